The van der Waals surface area contributed by atoms with E-state index in [1.165, 1.54) is 48.5 Å². The Bertz CT molecular complexity index is 2460. The lowest BCUT2D eigenvalue weighted by molar-refractivity contribution is 0.482. The zero-order valence-electron chi connectivity index (χ0n) is 24.9. The second-order valence-electron chi connectivity index (χ2n) is 10.6. The third-order valence-corrected chi connectivity index (χ3v) is 10.5. The maximum Gasteiger partial charge on any atom is 0.297 e. The molecule has 0 aliphatic carbocycles. The van der Waals surface area contributed by atoms with Crippen molar-refractivity contribution in [3.8, 4) is 11.1 Å². The molecule has 0 bridgehead atoms. The lowest BCUT2D eigenvalue weighted by atomic mass is 10.0. The van der Waals surface area contributed by atoms with Crippen LogP contribution in [0.4, 0.5) is 34.1 Å². The van der Waals surface area contributed by atoms with Crippen LogP contribution in [-0.4, -0.2) is 25.9 Å². The largest absolute Gasteiger partial charge is 0.396 e. The first-order valence-corrected chi connectivity index (χ1v) is 18.3. The molecule has 0 atom stereocenters. The maximum atomic E-state index is 12.1. The molecule has 0 fully saturated rings. The summed E-state index contributed by atoms with van der Waals surface area (Å²) >= 11 is 26.2. The number of nitrogens with two attached hydrogens (primary N) is 2. The Morgan fingerprint density at radius 2 is 0.820 bits per heavy atom. The molecule has 0 unspecified atom stereocenters. The lowest BCUT2D eigenvalue weighted by Gasteiger charge is -2.11. The maximum absolute atomic E-state index is 12.1. The fourth-order valence-electron chi connectivity index (χ4n) is 5.22. The van der Waals surface area contributed by atoms with Gasteiger partial charge >= 0.3 is 0 Å². The smallest absolute Gasteiger partial charge is 0.297 e. The van der Waals surface area contributed by atoms with Gasteiger partial charge in [-0.25, -0.2) is 0 Å². The van der Waals surface area contributed by atoms with Crippen molar-refractivity contribution in [3.63, 3.8) is 0 Å². The summed E-state index contributed by atoms with van der Waals surface area (Å²) in [4.78, 5) is -1.00. The normalized spacial score (nSPS) is 12.5. The Labute approximate surface area is 304 Å². The molecule has 18 heteroatoms. The molecule has 6 aromatic rings. The van der Waals surface area contributed by atoms with Gasteiger partial charge in [0.15, 0.2) is 0 Å². The van der Waals surface area contributed by atoms with Gasteiger partial charge in [-0.05, 0) is 58.3 Å². The molecule has 0 aromatic heterocycles. The van der Waals surface area contributed by atoms with Crippen LogP contribution in [0.3, 0.4) is 0 Å². The molecular weight excluding hydrogens is 770 g/mol. The number of benzene rings is 6. The van der Waals surface area contributed by atoms with E-state index in [0.29, 0.717) is 21.9 Å². The number of anilines is 2. The van der Waals surface area contributed by atoms with Crippen LogP contribution in [0.25, 0.3) is 32.7 Å². The Morgan fingerprint density at radius 3 is 1.14 bits per heavy atom. The van der Waals surface area contributed by atoms with E-state index in [1.54, 1.807) is 36.4 Å². The van der Waals surface area contributed by atoms with Crippen LogP contribution >= 0.6 is 46.4 Å². The second-order valence-corrected chi connectivity index (χ2v) is 15.0. The van der Waals surface area contributed by atoms with Crippen LogP contribution < -0.4 is 11.5 Å². The molecule has 0 saturated heterocycles. The van der Waals surface area contributed by atoms with E-state index in [0.717, 1.165) is 0 Å². The van der Waals surface area contributed by atoms with Crippen LogP contribution in [0.1, 0.15) is 0 Å². The van der Waals surface area contributed by atoms with Crippen LogP contribution in [-0.2, 0) is 20.2 Å². The Hall–Kier alpha value is -4.38. The SMILES string of the molecule is Nc1c(N=Nc2c(Cl)cc(-c3cc(Cl)c(N=Nc4cc5ccccc5c(S(=O)(=O)O)c4N)c(Cl)c3)cc2Cl)cc2ccccc2c1S(=O)(=O)O. The summed E-state index contributed by atoms with van der Waals surface area (Å²) in [6, 6.07) is 21.9. The molecule has 0 amide bonds. The van der Waals surface area contributed by atoms with E-state index in [9.17, 15) is 25.9 Å². The van der Waals surface area contributed by atoms with Crippen LogP contribution in [0, 0.1) is 0 Å². The van der Waals surface area contributed by atoms with Crippen molar-refractivity contribution < 1.29 is 25.9 Å². The van der Waals surface area contributed by atoms with Gasteiger partial charge in [0.05, 0.1) is 31.5 Å². The highest BCUT2D eigenvalue weighted by molar-refractivity contribution is 7.86. The third-order valence-electron chi connectivity index (χ3n) is 7.43. The molecule has 50 heavy (non-hydrogen) atoms. The Kier molecular flexibility index (Phi) is 9.49. The molecule has 0 saturated carbocycles. The number of fused-ring (bicyclic) bond motifs is 2. The van der Waals surface area contributed by atoms with Crippen molar-refractivity contribution in [2.24, 2.45) is 20.5 Å². The highest BCUT2D eigenvalue weighted by Crippen LogP contribution is 2.44. The molecular formula is C32H20Cl4N6O6S2. The molecule has 254 valence electrons. The highest BCUT2D eigenvalue weighted by atomic mass is 35.5. The number of hydrogen-bond donors (Lipinski definition) is 4. The zero-order chi connectivity index (χ0) is 36.1. The van der Waals surface area contributed by atoms with Gasteiger partial charge in [0.2, 0.25) is 0 Å². The van der Waals surface area contributed by atoms with E-state index >= 15 is 0 Å². The monoisotopic (exact) mass is 788 g/mol. The predicted octanol–water partition coefficient (Wildman–Crippen LogP) is 10.8. The number of nitrogens with zero attached hydrogens (tertiary/aromatic N) is 4. The van der Waals surface area contributed by atoms with Crippen molar-refractivity contribution in [2.75, 3.05) is 11.5 Å². The van der Waals surface area contributed by atoms with Crippen LogP contribution in [0.2, 0.25) is 20.1 Å². The lowest BCUT2D eigenvalue weighted by Crippen LogP contribution is -2.04. The first-order chi connectivity index (χ1) is 23.5. The number of hydrogen-bond acceptors (Lipinski definition) is 10. The summed E-state index contributed by atoms with van der Waals surface area (Å²) in [7, 11) is -9.43. The number of azo groups is 2. The average Bonchev–Trinajstić information content (AvgIpc) is 3.02. The van der Waals surface area contributed by atoms with Gasteiger partial charge in [0.1, 0.15) is 32.5 Å². The minimum atomic E-state index is -4.71. The Balaban J connectivity index is 1.34. The molecule has 12 nitrogen and oxygen atoms in total. The van der Waals surface area contributed by atoms with E-state index in [-0.39, 0.29) is 65.0 Å². The number of nitrogen functional groups attached to an aromatic ring is 2. The summed E-state index contributed by atoms with van der Waals surface area (Å²) in [5, 5.41) is 17.9. The van der Waals surface area contributed by atoms with E-state index < -0.39 is 30.0 Å². The number of rotatable bonds is 7. The highest BCUT2D eigenvalue weighted by Gasteiger charge is 2.23. The fraction of sp³-hybridized carbons (Fsp3) is 0. The van der Waals surface area contributed by atoms with Crippen molar-refractivity contribution in [1.82, 2.24) is 0 Å². The summed E-state index contributed by atoms with van der Waals surface area (Å²) < 4.78 is 68.3. The summed E-state index contributed by atoms with van der Waals surface area (Å²) in [6.45, 7) is 0. The van der Waals surface area contributed by atoms with E-state index in [1.807, 2.05) is 0 Å². The van der Waals surface area contributed by atoms with Crippen molar-refractivity contribution >= 4 is 122 Å². The van der Waals surface area contributed by atoms with E-state index in [2.05, 4.69) is 20.5 Å². The van der Waals surface area contributed by atoms with Crippen molar-refractivity contribution in [1.29, 1.82) is 0 Å². The summed E-state index contributed by atoms with van der Waals surface area (Å²) in [5.74, 6) is 0. The molecule has 0 aliphatic heterocycles. The topological polar surface area (TPSA) is 210 Å². The summed E-state index contributed by atoms with van der Waals surface area (Å²) in [5.41, 5.74) is 12.5. The minimum absolute atomic E-state index is 0.0397. The molecule has 0 radical (unpaired) electrons. The van der Waals surface area contributed by atoms with Gasteiger partial charge in [0, 0.05) is 10.8 Å². The average molecular weight is 790 g/mol. The van der Waals surface area contributed by atoms with Crippen molar-refractivity contribution in [3.05, 3.63) is 105 Å². The predicted molar refractivity (Wildman–Crippen MR) is 197 cm³/mol. The fourth-order valence-corrected chi connectivity index (χ4v) is 8.03. The zero-order valence-corrected chi connectivity index (χ0v) is 29.5. The van der Waals surface area contributed by atoms with Gasteiger partial charge in [-0.3, -0.25) is 9.11 Å². The van der Waals surface area contributed by atoms with Crippen molar-refractivity contribution in [2.45, 2.75) is 9.79 Å². The third kappa shape index (κ3) is 6.84. The minimum Gasteiger partial charge on any atom is -0.396 e. The van der Waals surface area contributed by atoms with Gasteiger partial charge in [-0.15, -0.1) is 20.5 Å². The first kappa shape index (κ1) is 35.4. The van der Waals surface area contributed by atoms with E-state index in [4.69, 9.17) is 57.9 Å². The molecule has 6 N–H and O–H groups in total. The summed E-state index contributed by atoms with van der Waals surface area (Å²) in [6.07, 6.45) is 0. The van der Waals surface area contributed by atoms with Crippen LogP contribution in [0.15, 0.2) is 115 Å². The van der Waals surface area contributed by atoms with Gasteiger partial charge in [-0.1, -0.05) is 94.9 Å². The first-order valence-electron chi connectivity index (χ1n) is 13.9. The standard InChI is InChI=1S/C32H20Cl4N6O6S2/c33-21-9-17(10-22(34)29(21)41-39-25-13-15-5-1-3-7-19(15)31(27(25)37)49(43,44)45)18-11-23(35)30(24(36)12-18)42-40-26-14-16-6-2-4-8-20(16)32(28(26)38)50(46,47)48/h1-14H,37-38H2,(H,43,44,45)(H,46,47,48). The molecule has 0 spiro atoms. The Morgan fingerprint density at radius 1 is 0.500 bits per heavy atom. The van der Waals surface area contributed by atoms with Gasteiger partial charge in [0.25, 0.3) is 20.2 Å². The molecule has 6 rings (SSSR count). The quantitative estimate of drug-likeness (QED) is 0.0692. The molecule has 6 aromatic carbocycles. The van der Waals surface area contributed by atoms with Crippen LogP contribution in [0.5, 0.6) is 0 Å². The second kappa shape index (κ2) is 13.4. The van der Waals surface area contributed by atoms with Gasteiger partial charge in [-0.2, -0.15) is 16.8 Å². The number of halogens is 4. The molecule has 0 heterocycles. The van der Waals surface area contributed by atoms with Gasteiger partial charge < -0.3 is 11.5 Å². The molecule has 0 aliphatic rings.